The predicted octanol–water partition coefficient (Wildman–Crippen LogP) is 2.63. The van der Waals surface area contributed by atoms with E-state index in [0.717, 1.165) is 17.4 Å². The lowest BCUT2D eigenvalue weighted by molar-refractivity contribution is -0.107. The Labute approximate surface area is 92.8 Å². The molecule has 0 radical (unpaired) electrons. The van der Waals surface area contributed by atoms with Gasteiger partial charge in [-0.3, -0.25) is 4.98 Å². The monoisotopic (exact) mass is 215 g/mol. The molecule has 0 spiro atoms. The van der Waals surface area contributed by atoms with Crippen molar-refractivity contribution in [1.29, 1.82) is 0 Å². The average molecular weight is 215 g/mol. The van der Waals surface area contributed by atoms with Gasteiger partial charge in [-0.05, 0) is 17.2 Å². The van der Waals surface area contributed by atoms with Gasteiger partial charge >= 0.3 is 0 Å². The molecule has 0 amide bonds. The third-order valence-corrected chi connectivity index (χ3v) is 2.36. The molecule has 1 aromatic carbocycles. The van der Waals surface area contributed by atoms with Crippen LogP contribution in [0.1, 0.15) is 5.56 Å². The van der Waals surface area contributed by atoms with Crippen molar-refractivity contribution in [2.75, 3.05) is 0 Å². The third-order valence-electron chi connectivity index (χ3n) is 2.36. The molecule has 16 heavy (non-hydrogen) atoms. The molecule has 0 N–H and O–H groups in total. The first-order valence-corrected chi connectivity index (χ1v) is 4.93. The Hall–Kier alpha value is -2.03. The van der Waals surface area contributed by atoms with Gasteiger partial charge in [0.25, 0.3) is 0 Å². The molecule has 1 aromatic heterocycles. The van der Waals surface area contributed by atoms with E-state index < -0.39 is 0 Å². The third kappa shape index (κ3) is 2.14. The summed E-state index contributed by atoms with van der Waals surface area (Å²) >= 11 is 0. The van der Waals surface area contributed by atoms with E-state index in [-0.39, 0.29) is 5.82 Å². The maximum Gasteiger partial charge on any atom is 0.149 e. The molecule has 80 valence electrons. The van der Waals surface area contributed by atoms with Gasteiger partial charge in [0.15, 0.2) is 0 Å². The number of pyridine rings is 1. The average Bonchev–Trinajstić information content (AvgIpc) is 2.31. The van der Waals surface area contributed by atoms with E-state index in [2.05, 4.69) is 4.98 Å². The zero-order valence-corrected chi connectivity index (χ0v) is 8.56. The number of rotatable bonds is 3. The standard InChI is InChI=1S/C13H10FNO/c14-13-9-15-7-5-12(13)11-3-1-10(2-4-11)6-8-16/h1-5,7-9H,6H2. The van der Waals surface area contributed by atoms with Crippen molar-refractivity contribution >= 4 is 6.29 Å². The molecule has 0 saturated carbocycles. The fourth-order valence-electron chi connectivity index (χ4n) is 1.53. The molecule has 0 aliphatic rings. The number of benzene rings is 1. The SMILES string of the molecule is O=CCc1ccc(-c2ccncc2F)cc1. The van der Waals surface area contributed by atoms with E-state index in [1.807, 2.05) is 12.1 Å². The highest BCUT2D eigenvalue weighted by Crippen LogP contribution is 2.21. The molecule has 2 rings (SSSR count). The Morgan fingerprint density at radius 2 is 1.94 bits per heavy atom. The highest BCUT2D eigenvalue weighted by atomic mass is 19.1. The second-order valence-corrected chi connectivity index (χ2v) is 3.42. The molecular weight excluding hydrogens is 205 g/mol. The maximum atomic E-state index is 13.4. The van der Waals surface area contributed by atoms with Crippen LogP contribution in [0.15, 0.2) is 42.7 Å². The van der Waals surface area contributed by atoms with Gasteiger partial charge in [0.1, 0.15) is 12.1 Å². The number of carbonyl (C=O) groups is 1. The molecule has 3 heteroatoms. The van der Waals surface area contributed by atoms with E-state index in [4.69, 9.17) is 0 Å². The van der Waals surface area contributed by atoms with E-state index in [1.165, 1.54) is 6.20 Å². The van der Waals surface area contributed by atoms with Crippen LogP contribution in [-0.4, -0.2) is 11.3 Å². The van der Waals surface area contributed by atoms with Crippen LogP contribution >= 0.6 is 0 Å². The van der Waals surface area contributed by atoms with Gasteiger partial charge in [0, 0.05) is 18.2 Å². The minimum atomic E-state index is -0.342. The largest absolute Gasteiger partial charge is 0.303 e. The molecule has 0 atom stereocenters. The molecule has 0 aliphatic carbocycles. The van der Waals surface area contributed by atoms with Crippen molar-refractivity contribution in [2.24, 2.45) is 0 Å². The van der Waals surface area contributed by atoms with E-state index in [1.54, 1.807) is 24.4 Å². The lowest BCUT2D eigenvalue weighted by atomic mass is 10.0. The summed E-state index contributed by atoms with van der Waals surface area (Å²) in [7, 11) is 0. The van der Waals surface area contributed by atoms with Gasteiger partial charge in [-0.1, -0.05) is 24.3 Å². The van der Waals surface area contributed by atoms with Crippen molar-refractivity contribution in [3.8, 4) is 11.1 Å². The van der Waals surface area contributed by atoms with Gasteiger partial charge < -0.3 is 4.79 Å². The quantitative estimate of drug-likeness (QED) is 0.737. The molecule has 2 aromatic rings. The highest BCUT2D eigenvalue weighted by Gasteiger charge is 2.03. The zero-order valence-electron chi connectivity index (χ0n) is 8.56. The van der Waals surface area contributed by atoms with Crippen LogP contribution < -0.4 is 0 Å². The first kappa shape index (κ1) is 10.5. The van der Waals surface area contributed by atoms with Crippen molar-refractivity contribution < 1.29 is 9.18 Å². The van der Waals surface area contributed by atoms with E-state index in [0.29, 0.717) is 12.0 Å². The van der Waals surface area contributed by atoms with Gasteiger partial charge in [-0.25, -0.2) is 4.39 Å². The van der Waals surface area contributed by atoms with Crippen LogP contribution in [0.25, 0.3) is 11.1 Å². The van der Waals surface area contributed by atoms with Crippen LogP contribution in [0.2, 0.25) is 0 Å². The lowest BCUT2D eigenvalue weighted by Crippen LogP contribution is -1.88. The fraction of sp³-hybridized carbons (Fsp3) is 0.0769. The van der Waals surface area contributed by atoms with Crippen molar-refractivity contribution in [1.82, 2.24) is 4.98 Å². The number of hydrogen-bond donors (Lipinski definition) is 0. The predicted molar refractivity (Wildman–Crippen MR) is 59.4 cm³/mol. The van der Waals surface area contributed by atoms with Gasteiger partial charge in [-0.2, -0.15) is 0 Å². The number of halogens is 1. The Bertz CT molecular complexity index is 494. The molecule has 0 aliphatic heterocycles. The van der Waals surface area contributed by atoms with Gasteiger partial charge in [0.2, 0.25) is 0 Å². The summed E-state index contributed by atoms with van der Waals surface area (Å²) in [5, 5.41) is 0. The highest BCUT2D eigenvalue weighted by molar-refractivity contribution is 5.64. The second-order valence-electron chi connectivity index (χ2n) is 3.42. The van der Waals surface area contributed by atoms with Crippen molar-refractivity contribution in [3.05, 3.63) is 54.1 Å². The second kappa shape index (κ2) is 4.66. The summed E-state index contributed by atoms with van der Waals surface area (Å²) in [6.45, 7) is 0. The lowest BCUT2D eigenvalue weighted by Gasteiger charge is -2.03. The Balaban J connectivity index is 2.35. The summed E-state index contributed by atoms with van der Waals surface area (Å²) in [4.78, 5) is 14.0. The number of hydrogen-bond acceptors (Lipinski definition) is 2. The molecule has 1 heterocycles. The minimum Gasteiger partial charge on any atom is -0.303 e. The summed E-state index contributed by atoms with van der Waals surface area (Å²) < 4.78 is 13.4. The summed E-state index contributed by atoms with van der Waals surface area (Å²) in [5.74, 6) is -0.342. The van der Waals surface area contributed by atoms with Crippen LogP contribution in [0, 0.1) is 5.82 Å². The Morgan fingerprint density at radius 1 is 1.19 bits per heavy atom. The normalized spacial score (nSPS) is 10.1. The van der Waals surface area contributed by atoms with Crippen LogP contribution in [-0.2, 0) is 11.2 Å². The van der Waals surface area contributed by atoms with Gasteiger partial charge in [0.05, 0.1) is 6.20 Å². The maximum absolute atomic E-state index is 13.4. The van der Waals surface area contributed by atoms with E-state index >= 15 is 0 Å². The van der Waals surface area contributed by atoms with Crippen molar-refractivity contribution in [3.63, 3.8) is 0 Å². The first-order valence-electron chi connectivity index (χ1n) is 4.93. The first-order chi connectivity index (χ1) is 7.81. The zero-order chi connectivity index (χ0) is 11.4. The molecular formula is C13H10FNO. The summed E-state index contributed by atoms with van der Waals surface area (Å²) in [6.07, 6.45) is 3.98. The van der Waals surface area contributed by atoms with Gasteiger partial charge in [-0.15, -0.1) is 0 Å². The number of aromatic nitrogens is 1. The van der Waals surface area contributed by atoms with Crippen LogP contribution in [0.4, 0.5) is 4.39 Å². The Kier molecular flexibility index (Phi) is 3.05. The minimum absolute atomic E-state index is 0.342. The smallest absolute Gasteiger partial charge is 0.149 e. The molecule has 0 unspecified atom stereocenters. The van der Waals surface area contributed by atoms with Crippen LogP contribution in [0.3, 0.4) is 0 Å². The topological polar surface area (TPSA) is 30.0 Å². The van der Waals surface area contributed by atoms with Crippen molar-refractivity contribution in [2.45, 2.75) is 6.42 Å². The number of aldehydes is 1. The van der Waals surface area contributed by atoms with E-state index in [9.17, 15) is 9.18 Å². The Morgan fingerprint density at radius 3 is 2.56 bits per heavy atom. The number of nitrogens with zero attached hydrogens (tertiary/aromatic N) is 1. The molecule has 2 nitrogen and oxygen atoms in total. The molecule has 0 fully saturated rings. The number of carbonyl (C=O) groups excluding carboxylic acids is 1. The fourth-order valence-corrected chi connectivity index (χ4v) is 1.53. The summed E-state index contributed by atoms with van der Waals surface area (Å²) in [5.41, 5.74) is 2.23. The van der Waals surface area contributed by atoms with Crippen LogP contribution in [0.5, 0.6) is 0 Å². The molecule has 0 bridgehead atoms. The summed E-state index contributed by atoms with van der Waals surface area (Å²) in [6, 6.07) is 8.88. The molecule has 0 saturated heterocycles.